The number of rotatable bonds is 4. The third-order valence-electron chi connectivity index (χ3n) is 3.61. The van der Waals surface area contributed by atoms with Crippen LogP contribution in [0.15, 0.2) is 35.7 Å². The molecule has 0 saturated heterocycles. The van der Waals surface area contributed by atoms with Crippen LogP contribution in [0.2, 0.25) is 0 Å². The summed E-state index contributed by atoms with van der Waals surface area (Å²) in [5.74, 6) is -4.07. The lowest BCUT2D eigenvalue weighted by atomic mass is 10.1. The average Bonchev–Trinajstić information content (AvgIpc) is 3.16. The SMILES string of the molecule is O=C(NCc1ccc(F)c(C(F)(F)F)c1)c1nc(-c2cccs2)nc(O)c1O. The van der Waals surface area contributed by atoms with Crippen LogP contribution in [0.3, 0.4) is 0 Å². The molecule has 0 aliphatic carbocycles. The molecule has 0 atom stereocenters. The maximum absolute atomic E-state index is 13.3. The summed E-state index contributed by atoms with van der Waals surface area (Å²) < 4.78 is 51.6. The predicted octanol–water partition coefficient (Wildman–Crippen LogP) is 3.70. The maximum atomic E-state index is 13.3. The molecule has 0 fully saturated rings. The summed E-state index contributed by atoms with van der Waals surface area (Å²) in [6.45, 7) is -0.388. The van der Waals surface area contributed by atoms with Gasteiger partial charge in [0.15, 0.2) is 11.5 Å². The van der Waals surface area contributed by atoms with E-state index in [4.69, 9.17) is 0 Å². The molecule has 2 heterocycles. The highest BCUT2D eigenvalue weighted by molar-refractivity contribution is 7.13. The summed E-state index contributed by atoms with van der Waals surface area (Å²) >= 11 is 1.23. The van der Waals surface area contributed by atoms with E-state index in [2.05, 4.69) is 15.3 Å². The molecule has 1 amide bonds. The summed E-state index contributed by atoms with van der Waals surface area (Å²) in [7, 11) is 0. The lowest BCUT2D eigenvalue weighted by molar-refractivity contribution is -0.140. The van der Waals surface area contributed by atoms with E-state index in [9.17, 15) is 32.6 Å². The summed E-state index contributed by atoms with van der Waals surface area (Å²) in [4.78, 5) is 20.4. The highest BCUT2D eigenvalue weighted by Crippen LogP contribution is 2.32. The van der Waals surface area contributed by atoms with Crippen LogP contribution in [-0.4, -0.2) is 26.1 Å². The quantitative estimate of drug-likeness (QED) is 0.567. The molecule has 11 heteroatoms. The Balaban J connectivity index is 1.83. The van der Waals surface area contributed by atoms with Crippen molar-refractivity contribution in [3.63, 3.8) is 0 Å². The molecular formula is C17H11F4N3O3S. The number of hydrogen-bond acceptors (Lipinski definition) is 6. The Labute approximate surface area is 159 Å². The Bertz CT molecular complexity index is 1020. The minimum Gasteiger partial charge on any atom is -0.501 e. The van der Waals surface area contributed by atoms with Gasteiger partial charge in [-0.05, 0) is 29.1 Å². The Morgan fingerprint density at radius 3 is 2.57 bits per heavy atom. The molecule has 0 aliphatic rings. The maximum Gasteiger partial charge on any atom is 0.419 e. The lowest BCUT2D eigenvalue weighted by Gasteiger charge is -2.11. The second-order valence-corrected chi connectivity index (χ2v) is 6.49. The van der Waals surface area contributed by atoms with Crippen molar-refractivity contribution in [1.29, 1.82) is 0 Å². The summed E-state index contributed by atoms with van der Waals surface area (Å²) in [6, 6.07) is 5.63. The van der Waals surface area contributed by atoms with Gasteiger partial charge in [-0.15, -0.1) is 11.3 Å². The molecule has 3 aromatic rings. The third kappa shape index (κ3) is 4.03. The number of amides is 1. The monoisotopic (exact) mass is 413 g/mol. The highest BCUT2D eigenvalue weighted by Gasteiger charge is 2.34. The Morgan fingerprint density at radius 1 is 1.18 bits per heavy atom. The van der Waals surface area contributed by atoms with Crippen molar-refractivity contribution in [1.82, 2.24) is 15.3 Å². The van der Waals surface area contributed by atoms with Gasteiger partial charge in [0.25, 0.3) is 11.8 Å². The number of carbonyl (C=O) groups is 1. The fraction of sp³-hybridized carbons (Fsp3) is 0.118. The van der Waals surface area contributed by atoms with Crippen molar-refractivity contribution in [3.05, 3.63) is 58.3 Å². The van der Waals surface area contributed by atoms with Gasteiger partial charge in [-0.3, -0.25) is 4.79 Å². The zero-order chi connectivity index (χ0) is 20.5. The van der Waals surface area contributed by atoms with Crippen LogP contribution in [0.1, 0.15) is 21.6 Å². The fourth-order valence-corrected chi connectivity index (χ4v) is 2.94. The largest absolute Gasteiger partial charge is 0.501 e. The van der Waals surface area contributed by atoms with Crippen molar-refractivity contribution >= 4 is 17.2 Å². The topological polar surface area (TPSA) is 95.3 Å². The first kappa shape index (κ1) is 19.5. The molecule has 146 valence electrons. The molecule has 0 spiro atoms. The van der Waals surface area contributed by atoms with Crippen molar-refractivity contribution in [2.75, 3.05) is 0 Å². The van der Waals surface area contributed by atoms with Gasteiger partial charge in [0, 0.05) is 6.54 Å². The van der Waals surface area contributed by atoms with Crippen LogP contribution < -0.4 is 5.32 Å². The average molecular weight is 413 g/mol. The van der Waals surface area contributed by atoms with Crippen LogP contribution in [0.25, 0.3) is 10.7 Å². The first-order valence-electron chi connectivity index (χ1n) is 7.64. The number of aromatic hydroxyl groups is 2. The molecule has 1 aromatic carbocycles. The number of halogens is 4. The summed E-state index contributed by atoms with van der Waals surface area (Å²) in [5.41, 5.74) is -2.02. The Morgan fingerprint density at radius 2 is 1.93 bits per heavy atom. The minimum atomic E-state index is -4.88. The van der Waals surface area contributed by atoms with E-state index in [1.165, 1.54) is 11.3 Å². The van der Waals surface area contributed by atoms with Gasteiger partial charge in [-0.1, -0.05) is 12.1 Å². The van der Waals surface area contributed by atoms with Crippen LogP contribution in [-0.2, 0) is 12.7 Å². The lowest BCUT2D eigenvalue weighted by Crippen LogP contribution is -2.24. The third-order valence-corrected chi connectivity index (χ3v) is 4.48. The van der Waals surface area contributed by atoms with Gasteiger partial charge in [-0.2, -0.15) is 18.2 Å². The molecule has 3 rings (SSSR count). The van der Waals surface area contributed by atoms with Gasteiger partial charge in [0.1, 0.15) is 5.82 Å². The van der Waals surface area contributed by atoms with Crippen molar-refractivity contribution < 1.29 is 32.6 Å². The second-order valence-electron chi connectivity index (χ2n) is 5.54. The smallest absolute Gasteiger partial charge is 0.419 e. The van der Waals surface area contributed by atoms with E-state index in [0.29, 0.717) is 17.0 Å². The van der Waals surface area contributed by atoms with E-state index in [0.717, 1.165) is 6.07 Å². The number of aromatic nitrogens is 2. The number of nitrogens with one attached hydrogen (secondary N) is 1. The summed E-state index contributed by atoms with van der Waals surface area (Å²) in [6.07, 6.45) is -4.88. The summed E-state index contributed by atoms with van der Waals surface area (Å²) in [5, 5.41) is 23.6. The molecule has 0 radical (unpaired) electrons. The van der Waals surface area contributed by atoms with Crippen molar-refractivity contribution in [3.8, 4) is 22.3 Å². The van der Waals surface area contributed by atoms with E-state index >= 15 is 0 Å². The van der Waals surface area contributed by atoms with E-state index < -0.39 is 40.8 Å². The number of alkyl halides is 3. The zero-order valence-electron chi connectivity index (χ0n) is 13.8. The number of benzene rings is 1. The van der Waals surface area contributed by atoms with E-state index in [1.807, 2.05) is 0 Å². The van der Waals surface area contributed by atoms with Gasteiger partial charge in [0.2, 0.25) is 5.75 Å². The highest BCUT2D eigenvalue weighted by atomic mass is 32.1. The standard InChI is InChI=1S/C17H11F4N3O3S/c18-10-4-3-8(6-9(10)17(19,20)21)7-22-15(26)12-13(25)16(27)24-14(23-12)11-2-1-5-28-11/h1-6,25H,7H2,(H,22,26)(H,23,24,27). The van der Waals surface area contributed by atoms with Crippen LogP contribution >= 0.6 is 11.3 Å². The first-order chi connectivity index (χ1) is 13.2. The second kappa shape index (κ2) is 7.43. The van der Waals surface area contributed by atoms with Gasteiger partial charge in [-0.25, -0.2) is 9.37 Å². The van der Waals surface area contributed by atoms with Crippen LogP contribution in [0.4, 0.5) is 17.6 Å². The van der Waals surface area contributed by atoms with Gasteiger partial charge < -0.3 is 15.5 Å². The van der Waals surface area contributed by atoms with E-state index in [-0.39, 0.29) is 17.9 Å². The molecule has 0 saturated carbocycles. The molecule has 2 aromatic heterocycles. The Hall–Kier alpha value is -3.21. The molecule has 0 bridgehead atoms. The zero-order valence-corrected chi connectivity index (χ0v) is 14.6. The van der Waals surface area contributed by atoms with Crippen LogP contribution in [0, 0.1) is 5.82 Å². The molecule has 0 aliphatic heterocycles. The first-order valence-corrected chi connectivity index (χ1v) is 8.52. The normalized spacial score (nSPS) is 11.4. The van der Waals surface area contributed by atoms with Gasteiger partial charge >= 0.3 is 6.18 Å². The van der Waals surface area contributed by atoms with E-state index in [1.54, 1.807) is 17.5 Å². The number of thiophene rings is 1. The molecule has 0 unspecified atom stereocenters. The van der Waals surface area contributed by atoms with Crippen molar-refractivity contribution in [2.24, 2.45) is 0 Å². The number of carbonyl (C=O) groups excluding carboxylic acids is 1. The number of hydrogen-bond donors (Lipinski definition) is 3. The van der Waals surface area contributed by atoms with Crippen LogP contribution in [0.5, 0.6) is 11.6 Å². The molecular weight excluding hydrogens is 402 g/mol. The van der Waals surface area contributed by atoms with Gasteiger partial charge in [0.05, 0.1) is 10.4 Å². The Kier molecular flexibility index (Phi) is 5.18. The minimum absolute atomic E-state index is 0.00316. The molecule has 6 nitrogen and oxygen atoms in total. The van der Waals surface area contributed by atoms with Crippen molar-refractivity contribution in [2.45, 2.75) is 12.7 Å². The molecule has 28 heavy (non-hydrogen) atoms. The predicted molar refractivity (Wildman–Crippen MR) is 91.2 cm³/mol. The fourth-order valence-electron chi connectivity index (χ4n) is 2.28. The molecule has 3 N–H and O–H groups in total. The number of nitrogens with zero attached hydrogens (tertiary/aromatic N) is 2.